The van der Waals surface area contributed by atoms with Gasteiger partial charge in [-0.3, -0.25) is 5.32 Å². The number of fused-ring (bicyclic) bond motifs is 1. The number of nitrogens with one attached hydrogen (secondary N) is 2. The molecule has 1 aliphatic heterocycles. The van der Waals surface area contributed by atoms with Crippen LogP contribution in [0.3, 0.4) is 0 Å². The van der Waals surface area contributed by atoms with Crippen molar-refractivity contribution in [2.45, 2.75) is 11.9 Å². The fourth-order valence-electron chi connectivity index (χ4n) is 1.55. The van der Waals surface area contributed by atoms with Crippen LogP contribution in [-0.2, 0) is 5.72 Å². The van der Waals surface area contributed by atoms with E-state index in [4.69, 9.17) is 0 Å². The van der Waals surface area contributed by atoms with Crippen LogP contribution in [-0.4, -0.2) is 17.3 Å². The number of urea groups is 1. The number of benzene rings is 1. The first-order valence-electron chi connectivity index (χ1n) is 4.43. The minimum Gasteiger partial charge on any atom is -0.360 e. The first-order chi connectivity index (χ1) is 7.75. The molecule has 8 heteroatoms. The van der Waals surface area contributed by atoms with Crippen LogP contribution >= 0.6 is 0 Å². The Balaban J connectivity index is 2.68. The quantitative estimate of drug-likeness (QED) is 0.613. The van der Waals surface area contributed by atoms with E-state index in [1.54, 1.807) is 0 Å². The molecule has 0 bridgehead atoms. The molecule has 0 aliphatic carbocycles. The summed E-state index contributed by atoms with van der Waals surface area (Å²) in [5, 5.41) is 12.7. The van der Waals surface area contributed by atoms with Crippen LogP contribution in [0.2, 0.25) is 0 Å². The Labute approximate surface area is 92.2 Å². The van der Waals surface area contributed by atoms with E-state index >= 15 is 0 Å². The molecule has 92 valence electrons. The van der Waals surface area contributed by atoms with Gasteiger partial charge in [0.1, 0.15) is 5.82 Å². The maximum atomic E-state index is 13.3. The number of para-hydroxylation sites is 1. The highest BCUT2D eigenvalue weighted by Gasteiger charge is 2.59. The van der Waals surface area contributed by atoms with E-state index in [2.05, 4.69) is 0 Å². The number of carbonyl (C=O) groups is 1. The summed E-state index contributed by atoms with van der Waals surface area (Å²) < 4.78 is 51.3. The van der Waals surface area contributed by atoms with Gasteiger partial charge in [-0.2, -0.15) is 13.2 Å². The van der Waals surface area contributed by atoms with Gasteiger partial charge in [0.05, 0.1) is 5.69 Å². The molecule has 2 amide bonds. The monoisotopic (exact) mass is 250 g/mol. The SMILES string of the molecule is O=C1Nc2c(F)cccc2C(O)(C(F)(F)F)N1. The number of hydrogen-bond donors (Lipinski definition) is 3. The molecule has 1 heterocycles. The molecule has 0 aromatic heterocycles. The maximum Gasteiger partial charge on any atom is 0.441 e. The van der Waals surface area contributed by atoms with Crippen LogP contribution in [0.25, 0.3) is 0 Å². The fourth-order valence-corrected chi connectivity index (χ4v) is 1.55. The number of alkyl halides is 3. The highest BCUT2D eigenvalue weighted by atomic mass is 19.4. The molecular weight excluding hydrogens is 244 g/mol. The molecule has 4 nitrogen and oxygen atoms in total. The summed E-state index contributed by atoms with van der Waals surface area (Å²) in [5.41, 5.74) is -5.06. The number of anilines is 1. The van der Waals surface area contributed by atoms with Crippen molar-refractivity contribution < 1.29 is 27.5 Å². The summed E-state index contributed by atoms with van der Waals surface area (Å²) >= 11 is 0. The Morgan fingerprint density at radius 3 is 2.53 bits per heavy atom. The zero-order valence-electron chi connectivity index (χ0n) is 8.10. The average molecular weight is 250 g/mol. The Morgan fingerprint density at radius 1 is 1.29 bits per heavy atom. The number of carbonyl (C=O) groups excluding carboxylic acids is 1. The second-order valence-corrected chi connectivity index (χ2v) is 3.45. The topological polar surface area (TPSA) is 61.4 Å². The number of halogens is 4. The van der Waals surface area contributed by atoms with Crippen molar-refractivity contribution in [1.29, 1.82) is 0 Å². The normalized spacial score (nSPS) is 23.7. The third-order valence-electron chi connectivity index (χ3n) is 2.35. The summed E-state index contributed by atoms with van der Waals surface area (Å²) in [6, 6.07) is 1.42. The van der Waals surface area contributed by atoms with Crippen molar-refractivity contribution in [1.82, 2.24) is 5.32 Å². The molecule has 0 spiro atoms. The van der Waals surface area contributed by atoms with Gasteiger partial charge in [0, 0.05) is 5.56 Å². The fraction of sp³-hybridized carbons (Fsp3) is 0.222. The van der Waals surface area contributed by atoms with Crippen molar-refractivity contribution in [3.8, 4) is 0 Å². The summed E-state index contributed by atoms with van der Waals surface area (Å²) in [5.74, 6) is -1.06. The van der Waals surface area contributed by atoms with Crippen molar-refractivity contribution >= 4 is 11.7 Å². The van der Waals surface area contributed by atoms with Gasteiger partial charge in [-0.05, 0) is 6.07 Å². The first-order valence-corrected chi connectivity index (χ1v) is 4.43. The van der Waals surface area contributed by atoms with Gasteiger partial charge in [0.15, 0.2) is 0 Å². The highest BCUT2D eigenvalue weighted by Crippen LogP contribution is 2.42. The second-order valence-electron chi connectivity index (χ2n) is 3.45. The smallest absolute Gasteiger partial charge is 0.360 e. The van der Waals surface area contributed by atoms with Crippen LogP contribution in [0.5, 0.6) is 0 Å². The average Bonchev–Trinajstić information content (AvgIpc) is 2.18. The van der Waals surface area contributed by atoms with Crippen molar-refractivity contribution in [2.75, 3.05) is 5.32 Å². The van der Waals surface area contributed by atoms with Crippen molar-refractivity contribution in [2.24, 2.45) is 0 Å². The molecule has 1 unspecified atom stereocenters. The second kappa shape index (κ2) is 3.33. The molecule has 1 aromatic carbocycles. The molecule has 0 saturated carbocycles. The number of hydrogen-bond acceptors (Lipinski definition) is 2. The minimum absolute atomic E-state index is 0.684. The Bertz CT molecular complexity index is 488. The third kappa shape index (κ3) is 1.60. The number of rotatable bonds is 0. The van der Waals surface area contributed by atoms with Gasteiger partial charge in [-0.25, -0.2) is 9.18 Å². The molecule has 2 rings (SSSR count). The van der Waals surface area contributed by atoms with E-state index in [0.29, 0.717) is 0 Å². The molecule has 17 heavy (non-hydrogen) atoms. The summed E-state index contributed by atoms with van der Waals surface area (Å²) in [6.07, 6.45) is -5.16. The van der Waals surface area contributed by atoms with Crippen molar-refractivity contribution in [3.05, 3.63) is 29.6 Å². The number of aliphatic hydroxyl groups is 1. The van der Waals surface area contributed by atoms with Gasteiger partial charge < -0.3 is 10.4 Å². The molecule has 0 radical (unpaired) electrons. The largest absolute Gasteiger partial charge is 0.441 e. The lowest BCUT2D eigenvalue weighted by atomic mass is 9.98. The molecule has 1 aliphatic rings. The van der Waals surface area contributed by atoms with Gasteiger partial charge in [0.25, 0.3) is 5.72 Å². The first kappa shape index (κ1) is 11.6. The zero-order valence-corrected chi connectivity index (χ0v) is 8.10. The van der Waals surface area contributed by atoms with Crippen molar-refractivity contribution in [3.63, 3.8) is 0 Å². The van der Waals surface area contributed by atoms with E-state index in [1.165, 1.54) is 5.32 Å². The van der Waals surface area contributed by atoms with Gasteiger partial charge in [-0.1, -0.05) is 12.1 Å². The minimum atomic E-state index is -5.16. The molecule has 1 atom stereocenters. The van der Waals surface area contributed by atoms with E-state index in [0.717, 1.165) is 18.2 Å². The molecular formula is C9H6F4N2O2. The highest BCUT2D eigenvalue weighted by molar-refractivity contribution is 5.93. The van der Waals surface area contributed by atoms with Crippen LogP contribution < -0.4 is 10.6 Å². The Kier molecular flexibility index (Phi) is 2.28. The van der Waals surface area contributed by atoms with Crippen LogP contribution in [0.1, 0.15) is 5.56 Å². The summed E-state index contributed by atoms with van der Waals surface area (Å²) in [4.78, 5) is 11.0. The van der Waals surface area contributed by atoms with Gasteiger partial charge >= 0.3 is 12.2 Å². The van der Waals surface area contributed by atoms with Crippen LogP contribution in [0.15, 0.2) is 18.2 Å². The molecule has 0 fully saturated rings. The van der Waals surface area contributed by atoms with E-state index in [9.17, 15) is 27.5 Å². The lowest BCUT2D eigenvalue weighted by molar-refractivity contribution is -0.274. The zero-order chi connectivity index (χ0) is 12.8. The molecule has 3 N–H and O–H groups in total. The summed E-state index contributed by atoms with van der Waals surface area (Å²) in [6.45, 7) is 0. The predicted molar refractivity (Wildman–Crippen MR) is 48.5 cm³/mol. The van der Waals surface area contributed by atoms with Gasteiger partial charge in [0.2, 0.25) is 0 Å². The van der Waals surface area contributed by atoms with Crippen LogP contribution in [0, 0.1) is 5.82 Å². The number of amides is 2. The van der Waals surface area contributed by atoms with E-state index in [1.807, 2.05) is 5.32 Å². The standard InChI is InChI=1S/C9H6F4N2O2/c10-5-3-1-2-4-6(5)14-7(16)15-8(4,17)9(11,12)13/h1-3,17H,(H2,14,15,16). The summed E-state index contributed by atoms with van der Waals surface area (Å²) in [7, 11) is 0. The predicted octanol–water partition coefficient (Wildman–Crippen LogP) is 1.67. The van der Waals surface area contributed by atoms with E-state index in [-0.39, 0.29) is 0 Å². The molecule has 1 aromatic rings. The van der Waals surface area contributed by atoms with Gasteiger partial charge in [-0.15, -0.1) is 0 Å². The third-order valence-corrected chi connectivity index (χ3v) is 2.35. The molecule has 0 saturated heterocycles. The Hall–Kier alpha value is -1.83. The maximum absolute atomic E-state index is 13.3. The Morgan fingerprint density at radius 2 is 1.94 bits per heavy atom. The van der Waals surface area contributed by atoms with Crippen LogP contribution in [0.4, 0.5) is 28.0 Å². The van der Waals surface area contributed by atoms with E-state index < -0.39 is 35.0 Å². The lowest BCUT2D eigenvalue weighted by Crippen LogP contribution is -2.60. The lowest BCUT2D eigenvalue weighted by Gasteiger charge is -2.36.